The first-order valence-corrected chi connectivity index (χ1v) is 8.62. The van der Waals surface area contributed by atoms with Gasteiger partial charge in [0.25, 0.3) is 0 Å². The normalized spacial score (nSPS) is 11.0. The average molecular weight is 358 g/mol. The summed E-state index contributed by atoms with van der Waals surface area (Å²) in [7, 11) is 0. The van der Waals surface area contributed by atoms with Gasteiger partial charge in [0.05, 0.1) is 36.0 Å². The summed E-state index contributed by atoms with van der Waals surface area (Å²) in [6.07, 6.45) is 5.21. The summed E-state index contributed by atoms with van der Waals surface area (Å²) in [5.74, 6) is 1.39. The molecule has 0 fully saturated rings. The van der Waals surface area contributed by atoms with E-state index in [1.165, 1.54) is 0 Å². The van der Waals surface area contributed by atoms with Crippen molar-refractivity contribution in [1.29, 1.82) is 5.26 Å². The van der Waals surface area contributed by atoms with Gasteiger partial charge in [0, 0.05) is 18.3 Å². The van der Waals surface area contributed by atoms with Crippen LogP contribution in [-0.2, 0) is 6.54 Å². The number of H-pyrrole nitrogens is 1. The van der Waals surface area contributed by atoms with E-state index in [4.69, 9.17) is 4.98 Å². The van der Waals surface area contributed by atoms with Crippen LogP contribution in [0.3, 0.4) is 0 Å². The molecule has 0 aliphatic heterocycles. The SMILES string of the molecule is CC(C)N(c1ncc2cnn(Cc3ccccc3C#N)c2n1)c1ccn[nH]1. The molecule has 134 valence electrons. The minimum atomic E-state index is 0.138. The first kappa shape index (κ1) is 16.7. The fourth-order valence-corrected chi connectivity index (χ4v) is 3.02. The van der Waals surface area contributed by atoms with Crippen LogP contribution in [0.5, 0.6) is 0 Å². The Morgan fingerprint density at radius 2 is 2.07 bits per heavy atom. The van der Waals surface area contributed by atoms with Crippen LogP contribution >= 0.6 is 0 Å². The second-order valence-electron chi connectivity index (χ2n) is 6.43. The maximum absolute atomic E-state index is 9.32. The smallest absolute Gasteiger partial charge is 0.233 e. The molecule has 8 heteroatoms. The van der Waals surface area contributed by atoms with Crippen molar-refractivity contribution in [2.24, 2.45) is 0 Å². The number of aromatic amines is 1. The summed E-state index contributed by atoms with van der Waals surface area (Å²) >= 11 is 0. The molecule has 0 atom stereocenters. The van der Waals surface area contributed by atoms with Gasteiger partial charge in [-0.05, 0) is 25.5 Å². The maximum Gasteiger partial charge on any atom is 0.233 e. The van der Waals surface area contributed by atoms with Crippen molar-refractivity contribution >= 4 is 22.8 Å². The van der Waals surface area contributed by atoms with E-state index in [1.54, 1.807) is 29.3 Å². The Labute approximate surface area is 156 Å². The van der Waals surface area contributed by atoms with Crippen LogP contribution in [-0.4, -0.2) is 36.0 Å². The Balaban J connectivity index is 1.76. The lowest BCUT2D eigenvalue weighted by molar-refractivity contribution is 0.698. The highest BCUT2D eigenvalue weighted by Gasteiger charge is 2.19. The molecule has 4 rings (SSSR count). The first-order valence-electron chi connectivity index (χ1n) is 8.62. The molecule has 8 nitrogen and oxygen atoms in total. The van der Waals surface area contributed by atoms with E-state index in [9.17, 15) is 5.26 Å². The van der Waals surface area contributed by atoms with E-state index in [0.717, 1.165) is 22.4 Å². The van der Waals surface area contributed by atoms with Crippen molar-refractivity contribution in [1.82, 2.24) is 29.9 Å². The number of fused-ring (bicyclic) bond motifs is 1. The zero-order chi connectivity index (χ0) is 18.8. The van der Waals surface area contributed by atoms with Crippen LogP contribution in [0.4, 0.5) is 11.8 Å². The molecule has 0 saturated carbocycles. The number of hydrogen-bond donors (Lipinski definition) is 1. The van der Waals surface area contributed by atoms with Crippen LogP contribution in [0.2, 0.25) is 0 Å². The number of nitriles is 1. The van der Waals surface area contributed by atoms with E-state index in [0.29, 0.717) is 18.1 Å². The third-order valence-electron chi connectivity index (χ3n) is 4.30. The molecule has 0 aliphatic carbocycles. The third-order valence-corrected chi connectivity index (χ3v) is 4.30. The summed E-state index contributed by atoms with van der Waals surface area (Å²) in [6, 6.07) is 11.8. The zero-order valence-corrected chi connectivity index (χ0v) is 15.0. The summed E-state index contributed by atoms with van der Waals surface area (Å²) in [5.41, 5.74) is 2.26. The maximum atomic E-state index is 9.32. The Bertz CT molecular complexity index is 1100. The summed E-state index contributed by atoms with van der Waals surface area (Å²) < 4.78 is 1.79. The van der Waals surface area contributed by atoms with Gasteiger partial charge in [-0.2, -0.15) is 20.4 Å². The Kier molecular flexibility index (Phi) is 4.26. The highest BCUT2D eigenvalue weighted by atomic mass is 15.4. The number of rotatable bonds is 5. The number of aromatic nitrogens is 6. The second kappa shape index (κ2) is 6.88. The van der Waals surface area contributed by atoms with E-state index >= 15 is 0 Å². The molecule has 0 radical (unpaired) electrons. The minimum Gasteiger partial charge on any atom is -0.293 e. The summed E-state index contributed by atoms with van der Waals surface area (Å²) in [6.45, 7) is 4.60. The van der Waals surface area contributed by atoms with Crippen molar-refractivity contribution < 1.29 is 0 Å². The van der Waals surface area contributed by atoms with Crippen LogP contribution in [0.15, 0.2) is 48.9 Å². The molecule has 0 amide bonds. The van der Waals surface area contributed by atoms with Gasteiger partial charge in [-0.15, -0.1) is 0 Å². The molecule has 1 N–H and O–H groups in total. The molecule has 0 unspecified atom stereocenters. The number of nitrogens with zero attached hydrogens (tertiary/aromatic N) is 7. The molecule has 0 bridgehead atoms. The molecule has 1 aromatic carbocycles. The molecule has 0 aliphatic rings. The van der Waals surface area contributed by atoms with Gasteiger partial charge in [0.2, 0.25) is 5.95 Å². The average Bonchev–Trinajstić information content (AvgIpc) is 3.33. The molecule has 27 heavy (non-hydrogen) atoms. The van der Waals surface area contributed by atoms with Crippen LogP contribution < -0.4 is 4.90 Å². The summed E-state index contributed by atoms with van der Waals surface area (Å²) in [5, 5.41) is 21.6. The lowest BCUT2D eigenvalue weighted by Crippen LogP contribution is -2.27. The van der Waals surface area contributed by atoms with E-state index < -0.39 is 0 Å². The van der Waals surface area contributed by atoms with Gasteiger partial charge in [-0.3, -0.25) is 10.00 Å². The largest absolute Gasteiger partial charge is 0.293 e. The molecular formula is C19H18N8. The lowest BCUT2D eigenvalue weighted by atomic mass is 10.1. The van der Waals surface area contributed by atoms with E-state index in [-0.39, 0.29) is 6.04 Å². The van der Waals surface area contributed by atoms with Gasteiger partial charge >= 0.3 is 0 Å². The quantitative estimate of drug-likeness (QED) is 0.589. The number of hydrogen-bond acceptors (Lipinski definition) is 6. The van der Waals surface area contributed by atoms with Gasteiger partial charge in [-0.1, -0.05) is 18.2 Å². The van der Waals surface area contributed by atoms with Gasteiger partial charge < -0.3 is 0 Å². The predicted molar refractivity (Wildman–Crippen MR) is 101 cm³/mol. The van der Waals surface area contributed by atoms with Crippen LogP contribution in [0.25, 0.3) is 11.0 Å². The Hall–Kier alpha value is -3.73. The van der Waals surface area contributed by atoms with Crippen molar-refractivity contribution in [3.05, 3.63) is 60.0 Å². The lowest BCUT2D eigenvalue weighted by Gasteiger charge is -2.24. The monoisotopic (exact) mass is 358 g/mol. The van der Waals surface area contributed by atoms with Crippen molar-refractivity contribution in [3.63, 3.8) is 0 Å². The molecule has 3 aromatic heterocycles. The standard InChI is InChI=1S/C19H18N8/c1-13(2)27(17-7-8-22-25-17)19-21-10-16-11-23-26(18(16)24-19)12-15-6-4-3-5-14(15)9-20/h3-8,10-11,13H,12H2,1-2H3,(H,22,25). The fraction of sp³-hybridized carbons (Fsp3) is 0.211. The predicted octanol–water partition coefficient (Wildman–Crippen LogP) is 3.02. The van der Waals surface area contributed by atoms with Crippen molar-refractivity contribution in [2.45, 2.75) is 26.4 Å². The minimum absolute atomic E-state index is 0.138. The van der Waals surface area contributed by atoms with E-state index in [2.05, 4.69) is 40.2 Å². The van der Waals surface area contributed by atoms with E-state index in [1.807, 2.05) is 29.2 Å². The number of anilines is 2. The number of nitrogens with one attached hydrogen (secondary N) is 1. The third kappa shape index (κ3) is 3.11. The van der Waals surface area contributed by atoms with Crippen LogP contribution in [0, 0.1) is 11.3 Å². The second-order valence-corrected chi connectivity index (χ2v) is 6.43. The Morgan fingerprint density at radius 1 is 1.22 bits per heavy atom. The molecule has 0 saturated heterocycles. The first-order chi connectivity index (χ1) is 13.2. The number of benzene rings is 1. The van der Waals surface area contributed by atoms with Crippen LogP contribution in [0.1, 0.15) is 25.0 Å². The highest BCUT2D eigenvalue weighted by Crippen LogP contribution is 2.24. The van der Waals surface area contributed by atoms with Gasteiger partial charge in [0.15, 0.2) is 5.65 Å². The zero-order valence-electron chi connectivity index (χ0n) is 15.0. The highest BCUT2D eigenvalue weighted by molar-refractivity contribution is 5.75. The van der Waals surface area contributed by atoms with Crippen molar-refractivity contribution in [2.75, 3.05) is 4.90 Å². The van der Waals surface area contributed by atoms with Gasteiger partial charge in [0.1, 0.15) is 5.82 Å². The Morgan fingerprint density at radius 3 is 2.81 bits per heavy atom. The molecule has 4 aromatic rings. The summed E-state index contributed by atoms with van der Waals surface area (Å²) in [4.78, 5) is 11.2. The topological polar surface area (TPSA) is 99.3 Å². The molecule has 0 spiro atoms. The fourth-order valence-electron chi connectivity index (χ4n) is 3.02. The molecule has 3 heterocycles. The van der Waals surface area contributed by atoms with Gasteiger partial charge in [-0.25, -0.2) is 9.67 Å². The van der Waals surface area contributed by atoms with Crippen molar-refractivity contribution in [3.8, 4) is 6.07 Å². The molecular weight excluding hydrogens is 340 g/mol.